The van der Waals surface area contributed by atoms with Gasteiger partial charge in [0.2, 0.25) is 5.82 Å². The van der Waals surface area contributed by atoms with Gasteiger partial charge in [-0.25, -0.2) is 4.98 Å². The number of imidazole rings is 1. The molecule has 0 saturated carbocycles. The Hall–Kier alpha value is -4.51. The minimum Gasteiger partial charge on any atom is -0.345 e. The number of aromatic nitrogens is 3. The Balaban J connectivity index is 1.63. The first-order chi connectivity index (χ1) is 14.7. The number of nitrogens with one attached hydrogen (secondary N) is 2. The van der Waals surface area contributed by atoms with E-state index in [4.69, 9.17) is 0 Å². The van der Waals surface area contributed by atoms with Gasteiger partial charge < -0.3 is 10.6 Å². The predicted octanol–water partition coefficient (Wildman–Crippen LogP) is 2.78. The summed E-state index contributed by atoms with van der Waals surface area (Å²) in [6, 6.07) is 19.3. The highest BCUT2D eigenvalue weighted by atomic mass is 16.2. The molecule has 0 aliphatic rings. The van der Waals surface area contributed by atoms with Crippen LogP contribution in [0.4, 0.5) is 5.69 Å². The number of hydrogen-bond donors (Lipinski definition) is 2. The molecule has 0 bridgehead atoms. The SMILES string of the molecule is N#Cc1ccccc1NC(=O)c1nc(C(=O)NCc2ccccn2)c2ccccn12. The Kier molecular flexibility index (Phi) is 5.17. The van der Waals surface area contributed by atoms with Crippen molar-refractivity contribution in [3.63, 3.8) is 0 Å². The van der Waals surface area contributed by atoms with E-state index in [0.717, 1.165) is 0 Å². The summed E-state index contributed by atoms with van der Waals surface area (Å²) >= 11 is 0. The fraction of sp³-hybridized carbons (Fsp3) is 0.0455. The van der Waals surface area contributed by atoms with Crippen LogP contribution in [0.25, 0.3) is 5.52 Å². The second-order valence-corrected chi connectivity index (χ2v) is 6.36. The normalized spacial score (nSPS) is 10.4. The highest BCUT2D eigenvalue weighted by Crippen LogP contribution is 2.17. The smallest absolute Gasteiger partial charge is 0.292 e. The van der Waals surface area contributed by atoms with Crippen LogP contribution in [0.1, 0.15) is 32.4 Å². The summed E-state index contributed by atoms with van der Waals surface area (Å²) in [6.07, 6.45) is 3.30. The van der Waals surface area contributed by atoms with Crippen LogP contribution in [0.2, 0.25) is 0 Å². The minimum absolute atomic E-state index is 0.0429. The lowest BCUT2D eigenvalue weighted by Crippen LogP contribution is -2.24. The molecule has 0 aliphatic carbocycles. The van der Waals surface area contributed by atoms with E-state index in [1.807, 2.05) is 12.1 Å². The molecule has 0 saturated heterocycles. The van der Waals surface area contributed by atoms with Crippen LogP contribution in [-0.2, 0) is 6.54 Å². The lowest BCUT2D eigenvalue weighted by Gasteiger charge is -2.05. The zero-order valence-electron chi connectivity index (χ0n) is 15.7. The number of nitriles is 1. The molecule has 2 amide bonds. The Morgan fingerprint density at radius 1 is 1.00 bits per heavy atom. The van der Waals surface area contributed by atoms with E-state index in [1.54, 1.807) is 71.4 Å². The number of anilines is 1. The summed E-state index contributed by atoms with van der Waals surface area (Å²) in [7, 11) is 0. The lowest BCUT2D eigenvalue weighted by molar-refractivity contribution is 0.0947. The first-order valence-corrected chi connectivity index (χ1v) is 9.13. The van der Waals surface area contributed by atoms with Crippen molar-refractivity contribution in [3.8, 4) is 6.07 Å². The van der Waals surface area contributed by atoms with Crippen molar-refractivity contribution in [2.24, 2.45) is 0 Å². The average molecular weight is 396 g/mol. The summed E-state index contributed by atoms with van der Waals surface area (Å²) in [6.45, 7) is 0.239. The number of para-hydroxylation sites is 1. The number of nitrogens with zero attached hydrogens (tertiary/aromatic N) is 4. The second-order valence-electron chi connectivity index (χ2n) is 6.36. The van der Waals surface area contributed by atoms with Crippen LogP contribution < -0.4 is 10.6 Å². The van der Waals surface area contributed by atoms with Gasteiger partial charge >= 0.3 is 0 Å². The van der Waals surface area contributed by atoms with E-state index in [-0.39, 0.29) is 18.1 Å². The molecule has 3 aromatic heterocycles. The van der Waals surface area contributed by atoms with Gasteiger partial charge in [-0.05, 0) is 36.4 Å². The van der Waals surface area contributed by atoms with Gasteiger partial charge in [0.25, 0.3) is 11.8 Å². The van der Waals surface area contributed by atoms with Crippen LogP contribution in [0.15, 0.2) is 73.1 Å². The third-order valence-electron chi connectivity index (χ3n) is 4.42. The molecule has 0 atom stereocenters. The Morgan fingerprint density at radius 2 is 1.80 bits per heavy atom. The van der Waals surface area contributed by atoms with E-state index >= 15 is 0 Å². The maximum Gasteiger partial charge on any atom is 0.292 e. The predicted molar refractivity (Wildman–Crippen MR) is 110 cm³/mol. The minimum atomic E-state index is -0.525. The monoisotopic (exact) mass is 396 g/mol. The van der Waals surface area contributed by atoms with Crippen molar-refractivity contribution in [1.82, 2.24) is 19.7 Å². The van der Waals surface area contributed by atoms with E-state index in [0.29, 0.717) is 22.5 Å². The third kappa shape index (κ3) is 3.72. The quantitative estimate of drug-likeness (QED) is 0.539. The average Bonchev–Trinajstić information content (AvgIpc) is 3.18. The number of rotatable bonds is 5. The van der Waals surface area contributed by atoms with Gasteiger partial charge in [0.15, 0.2) is 5.69 Å². The summed E-state index contributed by atoms with van der Waals surface area (Å²) in [5, 5.41) is 14.7. The molecular formula is C22H16N6O2. The highest BCUT2D eigenvalue weighted by molar-refractivity contribution is 6.06. The molecule has 0 radical (unpaired) electrons. The van der Waals surface area contributed by atoms with Crippen LogP contribution in [-0.4, -0.2) is 26.2 Å². The topological polar surface area (TPSA) is 112 Å². The first-order valence-electron chi connectivity index (χ1n) is 9.13. The maximum atomic E-state index is 12.9. The number of pyridine rings is 2. The Bertz CT molecular complexity index is 1270. The Morgan fingerprint density at radius 3 is 2.60 bits per heavy atom. The first kappa shape index (κ1) is 18.8. The van der Waals surface area contributed by atoms with Crippen LogP contribution in [0, 0.1) is 11.3 Å². The van der Waals surface area contributed by atoms with Crippen molar-refractivity contribution >= 4 is 23.0 Å². The van der Waals surface area contributed by atoms with Gasteiger partial charge in [-0.15, -0.1) is 0 Å². The van der Waals surface area contributed by atoms with Crippen molar-refractivity contribution in [2.45, 2.75) is 6.54 Å². The van der Waals surface area contributed by atoms with Gasteiger partial charge in [0.1, 0.15) is 6.07 Å². The molecule has 30 heavy (non-hydrogen) atoms. The molecule has 2 N–H and O–H groups in total. The lowest BCUT2D eigenvalue weighted by atomic mass is 10.2. The molecule has 0 aliphatic heterocycles. The highest BCUT2D eigenvalue weighted by Gasteiger charge is 2.22. The number of amides is 2. The summed E-state index contributed by atoms with van der Waals surface area (Å²) in [5.41, 5.74) is 2.04. The van der Waals surface area contributed by atoms with Crippen molar-refractivity contribution in [1.29, 1.82) is 5.26 Å². The number of benzene rings is 1. The molecule has 0 fully saturated rings. The van der Waals surface area contributed by atoms with Gasteiger partial charge in [-0.3, -0.25) is 19.0 Å². The Labute approximate surface area is 171 Å². The fourth-order valence-electron chi connectivity index (χ4n) is 2.99. The second kappa shape index (κ2) is 8.24. The molecule has 0 spiro atoms. The zero-order chi connectivity index (χ0) is 20.9. The molecule has 8 nitrogen and oxygen atoms in total. The summed E-state index contributed by atoms with van der Waals surface area (Å²) < 4.78 is 1.54. The van der Waals surface area contributed by atoms with Crippen molar-refractivity contribution in [2.75, 3.05) is 5.32 Å². The largest absolute Gasteiger partial charge is 0.345 e. The van der Waals surface area contributed by atoms with Gasteiger partial charge in [0, 0.05) is 12.4 Å². The number of hydrogen-bond acceptors (Lipinski definition) is 5. The van der Waals surface area contributed by atoms with Crippen LogP contribution in [0.5, 0.6) is 0 Å². The molecule has 4 rings (SSSR count). The molecule has 8 heteroatoms. The maximum absolute atomic E-state index is 12.9. The number of fused-ring (bicyclic) bond motifs is 1. The summed E-state index contributed by atoms with van der Waals surface area (Å²) in [5.74, 6) is -0.898. The van der Waals surface area contributed by atoms with Gasteiger partial charge in [0.05, 0.1) is 29.0 Å². The van der Waals surface area contributed by atoms with Crippen molar-refractivity contribution in [3.05, 3.63) is 95.8 Å². The van der Waals surface area contributed by atoms with Gasteiger partial charge in [-0.1, -0.05) is 24.3 Å². The van der Waals surface area contributed by atoms with E-state index in [2.05, 4.69) is 20.6 Å². The van der Waals surface area contributed by atoms with Crippen LogP contribution in [0.3, 0.4) is 0 Å². The molecule has 4 aromatic rings. The molecule has 3 heterocycles. The van der Waals surface area contributed by atoms with E-state index in [1.165, 1.54) is 0 Å². The van der Waals surface area contributed by atoms with E-state index in [9.17, 15) is 14.9 Å². The number of carbonyl (C=O) groups is 2. The fourth-order valence-corrected chi connectivity index (χ4v) is 2.99. The van der Waals surface area contributed by atoms with Crippen LogP contribution >= 0.6 is 0 Å². The van der Waals surface area contributed by atoms with Crippen molar-refractivity contribution < 1.29 is 9.59 Å². The number of carbonyl (C=O) groups excluding carboxylic acids is 2. The summed E-state index contributed by atoms with van der Waals surface area (Å²) in [4.78, 5) is 34.1. The molecule has 0 unspecified atom stereocenters. The van der Waals surface area contributed by atoms with Gasteiger partial charge in [-0.2, -0.15) is 5.26 Å². The molecular weight excluding hydrogens is 380 g/mol. The standard InChI is InChI=1S/C22H16N6O2/c23-13-15-7-1-2-9-17(15)26-22(30)20-27-19(18-10-4-6-12-28(18)20)21(29)25-14-16-8-3-5-11-24-16/h1-12H,14H2,(H,25,29)(H,26,30). The zero-order valence-corrected chi connectivity index (χ0v) is 15.7. The van der Waals surface area contributed by atoms with E-state index < -0.39 is 11.8 Å². The third-order valence-corrected chi connectivity index (χ3v) is 4.42. The molecule has 146 valence electrons. The molecule has 1 aromatic carbocycles.